The Hall–Kier alpha value is -0.680. The van der Waals surface area contributed by atoms with E-state index >= 15 is 0 Å². The number of hydrogen-bond acceptors (Lipinski definition) is 2. The van der Waals surface area contributed by atoms with Gasteiger partial charge >= 0.3 is 0 Å². The van der Waals surface area contributed by atoms with E-state index in [1.807, 2.05) is 0 Å². The van der Waals surface area contributed by atoms with E-state index in [4.69, 9.17) is 0 Å². The highest BCUT2D eigenvalue weighted by Crippen LogP contribution is 2.08. The van der Waals surface area contributed by atoms with E-state index in [0.717, 1.165) is 32.4 Å². The third kappa shape index (κ3) is 4.19. The summed E-state index contributed by atoms with van der Waals surface area (Å²) in [7, 11) is 0. The monoisotopic (exact) mass is 181 g/mol. The molecule has 1 heterocycles. The number of nitrogens with zero attached hydrogens (tertiary/aromatic N) is 1. The number of aliphatic hydroxyl groups excluding tert-OH is 1. The van der Waals surface area contributed by atoms with Crippen molar-refractivity contribution in [3.8, 4) is 12.0 Å². The second-order valence-corrected chi connectivity index (χ2v) is 3.61. The Bertz CT molecular complexity index is 184. The Morgan fingerprint density at radius 3 is 2.69 bits per heavy atom. The molecule has 0 atom stereocenters. The maximum atomic E-state index is 9.26. The van der Waals surface area contributed by atoms with Crippen LogP contribution in [0.15, 0.2) is 0 Å². The summed E-state index contributed by atoms with van der Waals surface area (Å²) in [4.78, 5) is 2.13. The average Bonchev–Trinajstić information content (AvgIpc) is 2.15. The van der Waals surface area contributed by atoms with Gasteiger partial charge in [0.25, 0.3) is 0 Å². The lowest BCUT2D eigenvalue weighted by Gasteiger charge is -2.25. The van der Waals surface area contributed by atoms with E-state index in [1.54, 1.807) is 0 Å². The molecule has 0 amide bonds. The van der Waals surface area contributed by atoms with Crippen LogP contribution in [0.25, 0.3) is 0 Å². The molecule has 13 heavy (non-hydrogen) atoms. The van der Waals surface area contributed by atoms with Crippen molar-refractivity contribution < 1.29 is 5.11 Å². The van der Waals surface area contributed by atoms with Crippen LogP contribution in [0.5, 0.6) is 0 Å². The SMILES string of the molecule is CCCCC#CN1CCC(O)CC1. The second kappa shape index (κ2) is 5.88. The van der Waals surface area contributed by atoms with Gasteiger partial charge in [-0.15, -0.1) is 0 Å². The van der Waals surface area contributed by atoms with Crippen LogP contribution >= 0.6 is 0 Å². The normalized spacial score (nSPS) is 18.2. The molecule has 0 bridgehead atoms. The van der Waals surface area contributed by atoms with Crippen molar-refractivity contribution in [2.24, 2.45) is 0 Å². The molecule has 1 rings (SSSR count). The standard InChI is InChI=1S/C11H19NO/c1-2-3-4-5-8-12-9-6-11(13)7-10-12/h11,13H,2-4,6-7,9-10H2,1H3. The summed E-state index contributed by atoms with van der Waals surface area (Å²) < 4.78 is 0. The molecule has 1 N–H and O–H groups in total. The van der Waals surface area contributed by atoms with E-state index in [2.05, 4.69) is 23.8 Å². The third-order valence-corrected chi connectivity index (χ3v) is 2.36. The van der Waals surface area contributed by atoms with Crippen molar-refractivity contribution in [1.29, 1.82) is 0 Å². The molecule has 2 heteroatoms. The zero-order chi connectivity index (χ0) is 9.52. The van der Waals surface area contributed by atoms with Gasteiger partial charge in [-0.1, -0.05) is 19.3 Å². The molecule has 1 fully saturated rings. The fraction of sp³-hybridized carbons (Fsp3) is 0.818. The summed E-state index contributed by atoms with van der Waals surface area (Å²) in [5.74, 6) is 3.17. The van der Waals surface area contributed by atoms with Crippen LogP contribution in [-0.4, -0.2) is 29.2 Å². The minimum atomic E-state index is -0.0892. The topological polar surface area (TPSA) is 23.5 Å². The maximum Gasteiger partial charge on any atom is 0.0574 e. The van der Waals surface area contributed by atoms with Crippen LogP contribution in [0.2, 0.25) is 0 Å². The van der Waals surface area contributed by atoms with Crippen LogP contribution < -0.4 is 0 Å². The van der Waals surface area contributed by atoms with E-state index in [9.17, 15) is 5.11 Å². The molecule has 0 radical (unpaired) electrons. The molecular formula is C11H19NO. The number of unbranched alkanes of at least 4 members (excludes halogenated alkanes) is 2. The van der Waals surface area contributed by atoms with Crippen LogP contribution in [0.3, 0.4) is 0 Å². The molecule has 1 aliphatic heterocycles. The molecular weight excluding hydrogens is 162 g/mol. The second-order valence-electron chi connectivity index (χ2n) is 3.61. The van der Waals surface area contributed by atoms with Gasteiger partial charge < -0.3 is 10.0 Å². The van der Waals surface area contributed by atoms with Crippen LogP contribution in [0, 0.1) is 12.0 Å². The minimum Gasteiger partial charge on any atom is -0.393 e. The van der Waals surface area contributed by atoms with Gasteiger partial charge in [0.05, 0.1) is 6.10 Å². The summed E-state index contributed by atoms with van der Waals surface area (Å²) in [6.45, 7) is 4.04. The quantitative estimate of drug-likeness (QED) is 0.516. The van der Waals surface area contributed by atoms with Crippen LogP contribution in [-0.2, 0) is 0 Å². The summed E-state index contributed by atoms with van der Waals surface area (Å²) in [6, 6.07) is 3.15. The van der Waals surface area contributed by atoms with E-state index in [0.29, 0.717) is 0 Å². The van der Waals surface area contributed by atoms with Gasteiger partial charge in [0.2, 0.25) is 0 Å². The first-order valence-corrected chi connectivity index (χ1v) is 5.24. The molecule has 0 spiro atoms. The predicted octanol–water partition coefficient (Wildman–Crippen LogP) is 1.59. The summed E-state index contributed by atoms with van der Waals surface area (Å²) in [5, 5.41) is 9.26. The molecule has 0 aromatic rings. The average molecular weight is 181 g/mol. The van der Waals surface area contributed by atoms with Gasteiger partial charge in [-0.3, -0.25) is 0 Å². The van der Waals surface area contributed by atoms with Crippen LogP contribution in [0.4, 0.5) is 0 Å². The molecule has 0 aromatic heterocycles. The van der Waals surface area contributed by atoms with E-state index in [1.165, 1.54) is 12.8 Å². The highest BCUT2D eigenvalue weighted by molar-refractivity contribution is 4.99. The first-order chi connectivity index (χ1) is 6.33. The maximum absolute atomic E-state index is 9.26. The Balaban J connectivity index is 2.16. The van der Waals surface area contributed by atoms with Gasteiger partial charge in [0.1, 0.15) is 0 Å². The lowest BCUT2D eigenvalue weighted by molar-refractivity contribution is 0.106. The predicted molar refractivity (Wildman–Crippen MR) is 54.1 cm³/mol. The fourth-order valence-electron chi connectivity index (χ4n) is 1.41. The van der Waals surface area contributed by atoms with Gasteiger partial charge in [0, 0.05) is 25.6 Å². The Kier molecular flexibility index (Phi) is 4.70. The molecule has 1 aliphatic rings. The van der Waals surface area contributed by atoms with Crippen LogP contribution in [0.1, 0.15) is 39.0 Å². The zero-order valence-corrected chi connectivity index (χ0v) is 8.42. The first kappa shape index (κ1) is 10.4. The Labute approximate surface area is 80.9 Å². The zero-order valence-electron chi connectivity index (χ0n) is 8.42. The summed E-state index contributed by atoms with van der Waals surface area (Å²) in [6.07, 6.45) is 5.09. The molecule has 0 saturated carbocycles. The molecule has 0 aliphatic carbocycles. The highest BCUT2D eigenvalue weighted by Gasteiger charge is 2.13. The van der Waals surface area contributed by atoms with Gasteiger partial charge in [0.15, 0.2) is 0 Å². The largest absolute Gasteiger partial charge is 0.393 e. The Morgan fingerprint density at radius 2 is 2.08 bits per heavy atom. The number of aliphatic hydroxyl groups is 1. The fourth-order valence-corrected chi connectivity index (χ4v) is 1.41. The molecule has 74 valence electrons. The van der Waals surface area contributed by atoms with Gasteiger partial charge in [-0.25, -0.2) is 0 Å². The molecule has 0 aromatic carbocycles. The highest BCUT2D eigenvalue weighted by atomic mass is 16.3. The number of rotatable bonds is 2. The van der Waals surface area contributed by atoms with Crippen molar-refractivity contribution in [1.82, 2.24) is 4.90 Å². The first-order valence-electron chi connectivity index (χ1n) is 5.24. The summed E-state index contributed by atoms with van der Waals surface area (Å²) >= 11 is 0. The van der Waals surface area contributed by atoms with Crippen molar-refractivity contribution in [2.75, 3.05) is 13.1 Å². The number of piperidine rings is 1. The number of hydrogen-bond donors (Lipinski definition) is 1. The van der Waals surface area contributed by atoms with Crippen molar-refractivity contribution in [3.05, 3.63) is 0 Å². The smallest absolute Gasteiger partial charge is 0.0574 e. The lowest BCUT2D eigenvalue weighted by Crippen LogP contribution is -2.32. The van der Waals surface area contributed by atoms with E-state index < -0.39 is 0 Å². The van der Waals surface area contributed by atoms with Crippen molar-refractivity contribution in [2.45, 2.75) is 45.1 Å². The number of likely N-dealkylation sites (tertiary alicyclic amines) is 1. The van der Waals surface area contributed by atoms with Gasteiger partial charge in [-0.05, 0) is 19.3 Å². The molecule has 1 saturated heterocycles. The van der Waals surface area contributed by atoms with Gasteiger partial charge in [-0.2, -0.15) is 0 Å². The Morgan fingerprint density at radius 1 is 1.38 bits per heavy atom. The van der Waals surface area contributed by atoms with Crippen molar-refractivity contribution >= 4 is 0 Å². The van der Waals surface area contributed by atoms with E-state index in [-0.39, 0.29) is 6.10 Å². The third-order valence-electron chi connectivity index (χ3n) is 2.36. The molecule has 0 unspecified atom stereocenters. The molecule has 2 nitrogen and oxygen atoms in total. The lowest BCUT2D eigenvalue weighted by atomic mass is 10.1. The summed E-state index contributed by atoms with van der Waals surface area (Å²) in [5.41, 5.74) is 0. The van der Waals surface area contributed by atoms with Crippen molar-refractivity contribution in [3.63, 3.8) is 0 Å². The minimum absolute atomic E-state index is 0.0892.